The Labute approximate surface area is 161 Å². The Balaban J connectivity index is 2.32. The number of aromatic nitrogens is 3. The Kier molecular flexibility index (Phi) is 5.70. The third kappa shape index (κ3) is 3.59. The summed E-state index contributed by atoms with van der Waals surface area (Å²) in [4.78, 5) is 30.2. The highest BCUT2D eigenvalue weighted by Crippen LogP contribution is 2.11. The number of rotatable bonds is 7. The first-order valence-electron chi connectivity index (χ1n) is 8.97. The highest BCUT2D eigenvalue weighted by atomic mass is 16.5. The van der Waals surface area contributed by atoms with Gasteiger partial charge in [-0.15, -0.1) is 6.58 Å². The third-order valence-corrected chi connectivity index (χ3v) is 4.44. The number of nitrogens with zero attached hydrogens (tertiary/aromatic N) is 3. The zero-order valence-electron chi connectivity index (χ0n) is 16.0. The number of nitrogens with one attached hydrogen (secondary N) is 2. The fourth-order valence-electron chi connectivity index (χ4n) is 3.06. The van der Waals surface area contributed by atoms with Crippen LogP contribution in [-0.4, -0.2) is 40.1 Å². The molecule has 0 radical (unpaired) electrons. The summed E-state index contributed by atoms with van der Waals surface area (Å²) in [5.41, 5.74) is 1.65. The van der Waals surface area contributed by atoms with Crippen molar-refractivity contribution in [1.29, 1.82) is 5.41 Å². The van der Waals surface area contributed by atoms with Gasteiger partial charge in [-0.1, -0.05) is 12.1 Å². The SMILES string of the molecule is C=CCNC(=O)c1cc2c(=O)n3cc(C)ccc3nc2n(CCCOC)c1=N. The van der Waals surface area contributed by atoms with Crippen LogP contribution in [0, 0.1) is 12.3 Å². The molecule has 0 spiro atoms. The molecule has 0 bridgehead atoms. The first-order valence-corrected chi connectivity index (χ1v) is 8.97. The van der Waals surface area contributed by atoms with Gasteiger partial charge in [0.1, 0.15) is 16.8 Å². The molecule has 8 nitrogen and oxygen atoms in total. The lowest BCUT2D eigenvalue weighted by Gasteiger charge is -2.14. The second-order valence-corrected chi connectivity index (χ2v) is 6.49. The van der Waals surface area contributed by atoms with Crippen molar-refractivity contribution in [3.8, 4) is 0 Å². The minimum atomic E-state index is -0.430. The van der Waals surface area contributed by atoms with Crippen LogP contribution in [0.15, 0.2) is 41.8 Å². The van der Waals surface area contributed by atoms with Crippen molar-refractivity contribution in [3.63, 3.8) is 0 Å². The molecular formula is C20H23N5O3. The van der Waals surface area contributed by atoms with Crippen molar-refractivity contribution in [1.82, 2.24) is 19.3 Å². The van der Waals surface area contributed by atoms with E-state index in [2.05, 4.69) is 16.9 Å². The van der Waals surface area contributed by atoms with E-state index in [1.807, 2.05) is 13.0 Å². The number of fused-ring (bicyclic) bond motifs is 2. The molecule has 0 fully saturated rings. The van der Waals surface area contributed by atoms with Gasteiger partial charge >= 0.3 is 0 Å². The zero-order valence-corrected chi connectivity index (χ0v) is 16.0. The van der Waals surface area contributed by atoms with E-state index in [0.29, 0.717) is 36.3 Å². The number of aryl methyl sites for hydroxylation is 2. The van der Waals surface area contributed by atoms with Crippen LogP contribution in [0.4, 0.5) is 0 Å². The Hall–Kier alpha value is -3.26. The summed E-state index contributed by atoms with van der Waals surface area (Å²) in [5.74, 6) is -0.430. The average molecular weight is 381 g/mol. The molecule has 3 aromatic rings. The van der Waals surface area contributed by atoms with E-state index in [4.69, 9.17) is 10.1 Å². The molecule has 0 aromatic carbocycles. The Morgan fingerprint density at radius 3 is 2.93 bits per heavy atom. The summed E-state index contributed by atoms with van der Waals surface area (Å²) in [6.45, 7) is 6.64. The summed E-state index contributed by atoms with van der Waals surface area (Å²) in [6.07, 6.45) is 3.89. The van der Waals surface area contributed by atoms with Gasteiger partial charge in [0.2, 0.25) is 0 Å². The Morgan fingerprint density at radius 1 is 1.43 bits per heavy atom. The molecule has 0 atom stereocenters. The average Bonchev–Trinajstić information content (AvgIpc) is 2.68. The molecule has 28 heavy (non-hydrogen) atoms. The molecule has 0 saturated heterocycles. The third-order valence-electron chi connectivity index (χ3n) is 4.44. The maximum atomic E-state index is 13.1. The number of hydrogen-bond donors (Lipinski definition) is 2. The lowest BCUT2D eigenvalue weighted by Crippen LogP contribution is -2.35. The first-order chi connectivity index (χ1) is 13.5. The van der Waals surface area contributed by atoms with E-state index < -0.39 is 5.91 Å². The standard InChI is InChI=1S/C20H23N5O3/c1-4-8-22-19(26)14-11-15-18(24(17(14)21)9-5-10-28-3)23-16-7-6-13(2)12-25(16)20(15)27/h4,6-7,11-12,21H,1,5,8-10H2,2-3H3,(H,22,26). The summed E-state index contributed by atoms with van der Waals surface area (Å²) < 4.78 is 8.16. The monoisotopic (exact) mass is 381 g/mol. The van der Waals surface area contributed by atoms with Crippen molar-refractivity contribution < 1.29 is 9.53 Å². The van der Waals surface area contributed by atoms with Crippen LogP contribution in [0.1, 0.15) is 22.3 Å². The van der Waals surface area contributed by atoms with E-state index in [-0.39, 0.29) is 23.2 Å². The van der Waals surface area contributed by atoms with E-state index in [9.17, 15) is 9.59 Å². The number of hydrogen-bond acceptors (Lipinski definition) is 5. The maximum absolute atomic E-state index is 13.1. The molecular weight excluding hydrogens is 358 g/mol. The van der Waals surface area contributed by atoms with Gasteiger partial charge in [0, 0.05) is 33.0 Å². The van der Waals surface area contributed by atoms with Crippen LogP contribution in [0.25, 0.3) is 16.7 Å². The van der Waals surface area contributed by atoms with E-state index in [0.717, 1.165) is 5.56 Å². The minimum Gasteiger partial charge on any atom is -0.385 e. The first kappa shape index (κ1) is 19.5. The van der Waals surface area contributed by atoms with Crippen molar-refractivity contribution in [3.05, 3.63) is 64.0 Å². The van der Waals surface area contributed by atoms with Crippen LogP contribution >= 0.6 is 0 Å². The highest BCUT2D eigenvalue weighted by molar-refractivity contribution is 5.96. The fraction of sp³-hybridized carbons (Fsp3) is 0.300. The molecule has 3 rings (SSSR count). The largest absolute Gasteiger partial charge is 0.385 e. The molecule has 1 amide bonds. The number of carbonyl (C=O) groups is 1. The van der Waals surface area contributed by atoms with Crippen LogP contribution < -0.4 is 16.4 Å². The molecule has 2 N–H and O–H groups in total. The normalized spacial score (nSPS) is 11.1. The van der Waals surface area contributed by atoms with Crippen LogP contribution in [0.5, 0.6) is 0 Å². The van der Waals surface area contributed by atoms with Crippen LogP contribution in [-0.2, 0) is 11.3 Å². The lowest BCUT2D eigenvalue weighted by molar-refractivity contribution is 0.0955. The molecule has 0 unspecified atom stereocenters. The second kappa shape index (κ2) is 8.18. The molecule has 0 aliphatic heterocycles. The molecule has 0 aliphatic rings. The maximum Gasteiger partial charge on any atom is 0.267 e. The van der Waals surface area contributed by atoms with Crippen LogP contribution in [0.3, 0.4) is 0 Å². The quantitative estimate of drug-likeness (QED) is 0.367. The summed E-state index contributed by atoms with van der Waals surface area (Å²) >= 11 is 0. The van der Waals surface area contributed by atoms with Gasteiger partial charge in [0.05, 0.1) is 10.9 Å². The zero-order chi connectivity index (χ0) is 20.3. The van der Waals surface area contributed by atoms with Gasteiger partial charge in [-0.2, -0.15) is 0 Å². The number of methoxy groups -OCH3 is 1. The minimum absolute atomic E-state index is 0.00790. The van der Waals surface area contributed by atoms with E-state index >= 15 is 0 Å². The molecule has 0 aliphatic carbocycles. The lowest BCUT2D eigenvalue weighted by atomic mass is 10.2. The van der Waals surface area contributed by atoms with Crippen molar-refractivity contribution in [2.24, 2.45) is 0 Å². The van der Waals surface area contributed by atoms with Crippen molar-refractivity contribution in [2.45, 2.75) is 19.9 Å². The molecule has 8 heteroatoms. The van der Waals surface area contributed by atoms with Gasteiger partial charge in [-0.3, -0.25) is 19.4 Å². The number of pyridine rings is 2. The Morgan fingerprint density at radius 2 is 2.21 bits per heavy atom. The number of amides is 1. The molecule has 3 aromatic heterocycles. The second-order valence-electron chi connectivity index (χ2n) is 6.49. The predicted molar refractivity (Wildman–Crippen MR) is 107 cm³/mol. The highest BCUT2D eigenvalue weighted by Gasteiger charge is 2.17. The smallest absolute Gasteiger partial charge is 0.267 e. The van der Waals surface area contributed by atoms with E-state index in [1.165, 1.54) is 10.5 Å². The number of ether oxygens (including phenoxy) is 1. The van der Waals surface area contributed by atoms with Crippen molar-refractivity contribution in [2.75, 3.05) is 20.3 Å². The van der Waals surface area contributed by atoms with Crippen molar-refractivity contribution >= 4 is 22.6 Å². The Bertz CT molecular complexity index is 1180. The van der Waals surface area contributed by atoms with Gasteiger partial charge in [0.15, 0.2) is 0 Å². The van der Waals surface area contributed by atoms with Gasteiger partial charge < -0.3 is 14.6 Å². The summed E-state index contributed by atoms with van der Waals surface area (Å²) in [6, 6.07) is 5.10. The molecule has 3 heterocycles. The molecule has 146 valence electrons. The van der Waals surface area contributed by atoms with Crippen LogP contribution in [0.2, 0.25) is 0 Å². The predicted octanol–water partition coefficient (Wildman–Crippen LogP) is 1.39. The fourth-order valence-corrected chi connectivity index (χ4v) is 3.06. The topological polar surface area (TPSA) is 101 Å². The van der Waals surface area contributed by atoms with Gasteiger partial charge in [0.25, 0.3) is 11.5 Å². The summed E-state index contributed by atoms with van der Waals surface area (Å²) in [7, 11) is 1.60. The van der Waals surface area contributed by atoms with E-state index in [1.54, 1.807) is 30.0 Å². The molecule has 0 saturated carbocycles. The van der Waals surface area contributed by atoms with Gasteiger partial charge in [-0.05, 0) is 31.0 Å². The van der Waals surface area contributed by atoms with Gasteiger partial charge in [-0.25, -0.2) is 4.98 Å². The number of carbonyl (C=O) groups excluding carboxylic acids is 1. The summed E-state index contributed by atoms with van der Waals surface area (Å²) in [5, 5.41) is 11.5.